The van der Waals surface area contributed by atoms with Gasteiger partial charge in [0.2, 0.25) is 0 Å². The van der Waals surface area contributed by atoms with E-state index < -0.39 is 0 Å². The summed E-state index contributed by atoms with van der Waals surface area (Å²) in [6, 6.07) is 7.29. The molecule has 0 aromatic heterocycles. The summed E-state index contributed by atoms with van der Waals surface area (Å²) in [5.41, 5.74) is 6.05. The van der Waals surface area contributed by atoms with Gasteiger partial charge in [0, 0.05) is 6.04 Å². The van der Waals surface area contributed by atoms with Crippen molar-refractivity contribution in [2.24, 2.45) is 11.7 Å². The molecule has 2 atom stereocenters. The van der Waals surface area contributed by atoms with Crippen LogP contribution in [0.15, 0.2) is 24.3 Å². The van der Waals surface area contributed by atoms with E-state index in [1.54, 1.807) is 7.11 Å². The van der Waals surface area contributed by atoms with Gasteiger partial charge in [0.05, 0.1) is 13.7 Å². The molecule has 0 amide bonds. The number of hydrogen-bond acceptors (Lipinski definition) is 4. The first kappa shape index (κ1) is 12.2. The van der Waals surface area contributed by atoms with Gasteiger partial charge in [-0.25, -0.2) is 0 Å². The zero-order valence-electron chi connectivity index (χ0n) is 10.0. The van der Waals surface area contributed by atoms with Crippen LogP contribution in [0.4, 0.5) is 0 Å². The third-order valence-electron chi connectivity index (χ3n) is 3.12. The molecule has 3 N–H and O–H groups in total. The molecule has 1 aromatic rings. The van der Waals surface area contributed by atoms with Crippen molar-refractivity contribution < 1.29 is 14.6 Å². The lowest BCUT2D eigenvalue weighted by Gasteiger charge is -2.24. The maximum Gasteiger partial charge on any atom is 0.161 e. The van der Waals surface area contributed by atoms with Gasteiger partial charge in [-0.1, -0.05) is 12.1 Å². The lowest BCUT2D eigenvalue weighted by molar-refractivity contribution is 0.0856. The fourth-order valence-corrected chi connectivity index (χ4v) is 1.90. The quantitative estimate of drug-likeness (QED) is 0.779. The van der Waals surface area contributed by atoms with Gasteiger partial charge in [0.15, 0.2) is 11.5 Å². The molecule has 94 valence electrons. The van der Waals surface area contributed by atoms with E-state index in [2.05, 4.69) is 0 Å². The van der Waals surface area contributed by atoms with Crippen LogP contribution < -0.4 is 15.2 Å². The lowest BCUT2D eigenvalue weighted by Crippen LogP contribution is -2.43. The van der Waals surface area contributed by atoms with Gasteiger partial charge < -0.3 is 20.3 Å². The van der Waals surface area contributed by atoms with Crippen molar-refractivity contribution in [3.05, 3.63) is 24.3 Å². The summed E-state index contributed by atoms with van der Waals surface area (Å²) in [6.45, 7) is -0.0737. The van der Waals surface area contributed by atoms with Crippen LogP contribution in [0.2, 0.25) is 0 Å². The summed E-state index contributed by atoms with van der Waals surface area (Å²) in [4.78, 5) is 0. The second-order valence-electron chi connectivity index (χ2n) is 4.40. The predicted molar refractivity (Wildman–Crippen MR) is 65.2 cm³/mol. The zero-order valence-corrected chi connectivity index (χ0v) is 10.0. The second kappa shape index (κ2) is 5.38. The smallest absolute Gasteiger partial charge is 0.161 e. The SMILES string of the molecule is COc1ccccc1OC(CO)C(N)C1CC1. The van der Waals surface area contributed by atoms with Gasteiger partial charge in [0.25, 0.3) is 0 Å². The number of rotatable bonds is 6. The van der Waals surface area contributed by atoms with Crippen LogP contribution in [0, 0.1) is 5.92 Å². The van der Waals surface area contributed by atoms with E-state index in [9.17, 15) is 5.11 Å². The average Bonchev–Trinajstić information content (AvgIpc) is 3.19. The Morgan fingerprint density at radius 3 is 2.53 bits per heavy atom. The molecule has 0 radical (unpaired) electrons. The Morgan fingerprint density at radius 2 is 2.00 bits per heavy atom. The minimum atomic E-state index is -0.362. The molecule has 0 saturated heterocycles. The summed E-state index contributed by atoms with van der Waals surface area (Å²) in [5, 5.41) is 9.35. The van der Waals surface area contributed by atoms with Crippen molar-refractivity contribution in [1.82, 2.24) is 0 Å². The van der Waals surface area contributed by atoms with Crippen molar-refractivity contribution in [3.8, 4) is 11.5 Å². The van der Waals surface area contributed by atoms with Crippen molar-refractivity contribution >= 4 is 0 Å². The highest BCUT2D eigenvalue weighted by molar-refractivity contribution is 5.39. The van der Waals surface area contributed by atoms with Gasteiger partial charge in [0.1, 0.15) is 6.10 Å². The maximum atomic E-state index is 9.35. The average molecular weight is 237 g/mol. The van der Waals surface area contributed by atoms with Crippen LogP contribution in [0.5, 0.6) is 11.5 Å². The van der Waals surface area contributed by atoms with Crippen LogP contribution in [0.1, 0.15) is 12.8 Å². The molecule has 4 nitrogen and oxygen atoms in total. The Labute approximate surface area is 101 Å². The molecular formula is C13H19NO3. The van der Waals surface area contributed by atoms with Crippen molar-refractivity contribution in [2.75, 3.05) is 13.7 Å². The van der Waals surface area contributed by atoms with Crippen LogP contribution in [-0.4, -0.2) is 31.0 Å². The number of aliphatic hydroxyl groups is 1. The molecule has 2 unspecified atom stereocenters. The minimum absolute atomic E-state index is 0.0737. The first-order valence-corrected chi connectivity index (χ1v) is 5.92. The highest BCUT2D eigenvalue weighted by Gasteiger charge is 2.35. The number of nitrogens with two attached hydrogens (primary N) is 1. The molecule has 4 heteroatoms. The van der Waals surface area contributed by atoms with Gasteiger partial charge in [-0.05, 0) is 30.9 Å². The van der Waals surface area contributed by atoms with Crippen molar-refractivity contribution in [2.45, 2.75) is 25.0 Å². The fraction of sp³-hybridized carbons (Fsp3) is 0.538. The number of ether oxygens (including phenoxy) is 2. The first-order valence-electron chi connectivity index (χ1n) is 5.92. The van der Waals surface area contributed by atoms with E-state index >= 15 is 0 Å². The molecular weight excluding hydrogens is 218 g/mol. The Hall–Kier alpha value is -1.26. The number of aliphatic hydroxyl groups excluding tert-OH is 1. The number of hydrogen-bond donors (Lipinski definition) is 2. The van der Waals surface area contributed by atoms with E-state index in [1.807, 2.05) is 24.3 Å². The first-order chi connectivity index (χ1) is 8.26. The highest BCUT2D eigenvalue weighted by Crippen LogP contribution is 2.35. The van der Waals surface area contributed by atoms with Crippen LogP contribution in [0.3, 0.4) is 0 Å². The van der Waals surface area contributed by atoms with Crippen LogP contribution in [-0.2, 0) is 0 Å². The van der Waals surface area contributed by atoms with Gasteiger partial charge in [-0.15, -0.1) is 0 Å². The molecule has 1 aromatic carbocycles. The summed E-state index contributed by atoms with van der Waals surface area (Å²) in [6.07, 6.45) is 1.90. The number of para-hydroxylation sites is 2. The Morgan fingerprint density at radius 1 is 1.35 bits per heavy atom. The second-order valence-corrected chi connectivity index (χ2v) is 4.40. The third kappa shape index (κ3) is 2.90. The Balaban J connectivity index is 2.06. The third-order valence-corrected chi connectivity index (χ3v) is 3.12. The summed E-state index contributed by atoms with van der Waals surface area (Å²) < 4.78 is 10.9. The summed E-state index contributed by atoms with van der Waals surface area (Å²) in [5.74, 6) is 1.78. The summed E-state index contributed by atoms with van der Waals surface area (Å²) in [7, 11) is 1.59. The molecule has 0 aliphatic heterocycles. The van der Waals surface area contributed by atoms with E-state index in [0.29, 0.717) is 17.4 Å². The Kier molecular flexibility index (Phi) is 3.86. The highest BCUT2D eigenvalue weighted by atomic mass is 16.5. The molecule has 1 aliphatic rings. The van der Waals surface area contributed by atoms with Crippen LogP contribution in [0.25, 0.3) is 0 Å². The monoisotopic (exact) mass is 237 g/mol. The molecule has 2 rings (SSSR count). The van der Waals surface area contributed by atoms with Gasteiger partial charge >= 0.3 is 0 Å². The lowest BCUT2D eigenvalue weighted by atomic mass is 10.1. The van der Waals surface area contributed by atoms with Crippen molar-refractivity contribution in [1.29, 1.82) is 0 Å². The van der Waals surface area contributed by atoms with E-state index in [-0.39, 0.29) is 18.8 Å². The van der Waals surface area contributed by atoms with E-state index in [1.165, 1.54) is 0 Å². The molecule has 0 bridgehead atoms. The molecule has 1 fully saturated rings. The Bertz CT molecular complexity index is 365. The minimum Gasteiger partial charge on any atom is -0.493 e. The predicted octanol–water partition coefficient (Wildman–Crippen LogP) is 1.17. The topological polar surface area (TPSA) is 64.7 Å². The standard InChI is InChI=1S/C13H19NO3/c1-16-10-4-2-3-5-11(10)17-12(8-15)13(14)9-6-7-9/h2-5,9,12-13,15H,6-8,14H2,1H3. The largest absolute Gasteiger partial charge is 0.493 e. The normalized spacial score (nSPS) is 18.5. The summed E-state index contributed by atoms with van der Waals surface area (Å²) >= 11 is 0. The molecule has 0 heterocycles. The maximum absolute atomic E-state index is 9.35. The number of benzene rings is 1. The van der Waals surface area contributed by atoms with E-state index in [0.717, 1.165) is 12.8 Å². The fourth-order valence-electron chi connectivity index (χ4n) is 1.90. The zero-order chi connectivity index (χ0) is 12.3. The van der Waals surface area contributed by atoms with Gasteiger partial charge in [-0.3, -0.25) is 0 Å². The molecule has 1 aliphatic carbocycles. The number of methoxy groups -OCH3 is 1. The molecule has 1 saturated carbocycles. The van der Waals surface area contributed by atoms with Crippen molar-refractivity contribution in [3.63, 3.8) is 0 Å². The van der Waals surface area contributed by atoms with Crippen LogP contribution >= 0.6 is 0 Å². The molecule has 0 spiro atoms. The molecule has 17 heavy (non-hydrogen) atoms. The van der Waals surface area contributed by atoms with Gasteiger partial charge in [-0.2, -0.15) is 0 Å². The van der Waals surface area contributed by atoms with E-state index in [4.69, 9.17) is 15.2 Å².